The molecular formula is C30H62Cl2N2. The average molecular weight is 522 g/mol. The third-order valence-electron chi connectivity index (χ3n) is 6.87. The maximum atomic E-state index is 3.50. The van der Waals surface area contributed by atoms with Gasteiger partial charge >= 0.3 is 0 Å². The molecule has 0 amide bonds. The summed E-state index contributed by atoms with van der Waals surface area (Å²) < 4.78 is 2.10. The van der Waals surface area contributed by atoms with Crippen molar-refractivity contribution in [1.82, 2.24) is 0 Å². The number of hydrogen-bond donors (Lipinski definition) is 0. The van der Waals surface area contributed by atoms with E-state index in [0.29, 0.717) is 0 Å². The molecule has 0 aliphatic carbocycles. The zero-order chi connectivity index (χ0) is 24.0. The molecule has 0 saturated carbocycles. The zero-order valence-corrected chi connectivity index (χ0v) is 25.7. The van der Waals surface area contributed by atoms with E-state index in [1.54, 1.807) is 0 Å². The second-order valence-electron chi connectivity index (χ2n) is 11.6. The van der Waals surface area contributed by atoms with Crippen LogP contribution in [0.4, 0.5) is 0 Å². The van der Waals surface area contributed by atoms with E-state index in [4.69, 9.17) is 0 Å². The van der Waals surface area contributed by atoms with E-state index >= 15 is 0 Å². The minimum atomic E-state index is 0. The smallest absolute Gasteiger partial charge is 0.140 e. The first kappa shape index (κ1) is 38.6. The molecule has 0 unspecified atom stereocenters. The maximum absolute atomic E-state index is 3.50. The van der Waals surface area contributed by atoms with Crippen LogP contribution in [-0.4, -0.2) is 63.3 Å². The van der Waals surface area contributed by atoms with Gasteiger partial charge in [0.15, 0.2) is 0 Å². The van der Waals surface area contributed by atoms with Gasteiger partial charge in [-0.1, -0.05) is 104 Å². The lowest BCUT2D eigenvalue weighted by atomic mass is 10.1. The third kappa shape index (κ3) is 28.3. The first-order chi connectivity index (χ1) is 15.3. The Kier molecular flexibility index (Phi) is 29.7. The van der Waals surface area contributed by atoms with E-state index in [1.807, 2.05) is 0 Å². The lowest BCUT2D eigenvalue weighted by molar-refractivity contribution is -0.885. The number of quaternary nitrogens is 2. The molecule has 0 aliphatic heterocycles. The largest absolute Gasteiger partial charge is 1.00 e. The van der Waals surface area contributed by atoms with Gasteiger partial charge in [-0.3, -0.25) is 0 Å². The van der Waals surface area contributed by atoms with Crippen molar-refractivity contribution in [2.75, 3.05) is 54.4 Å². The topological polar surface area (TPSA) is 0 Å². The average Bonchev–Trinajstić information content (AvgIpc) is 2.74. The van der Waals surface area contributed by atoms with Crippen LogP contribution in [0.5, 0.6) is 0 Å². The normalized spacial score (nSPS) is 11.4. The molecule has 4 heteroatoms. The Morgan fingerprint density at radius 2 is 0.618 bits per heavy atom. The number of nitrogens with zero attached hydrogens (tertiary/aromatic N) is 2. The maximum Gasteiger partial charge on any atom is 0.140 e. The first-order valence-electron chi connectivity index (χ1n) is 14.4. The summed E-state index contributed by atoms with van der Waals surface area (Å²) in [5.41, 5.74) is 0. The van der Waals surface area contributed by atoms with Crippen LogP contribution in [0.25, 0.3) is 0 Å². The van der Waals surface area contributed by atoms with E-state index in [2.05, 4.69) is 53.9 Å². The Morgan fingerprint density at radius 3 is 0.882 bits per heavy atom. The quantitative estimate of drug-likeness (QED) is 0.116. The van der Waals surface area contributed by atoms with Crippen LogP contribution in [0.1, 0.15) is 129 Å². The minimum Gasteiger partial charge on any atom is -1.00 e. The van der Waals surface area contributed by atoms with Gasteiger partial charge in [-0.2, -0.15) is 0 Å². The predicted molar refractivity (Wildman–Crippen MR) is 146 cm³/mol. The van der Waals surface area contributed by atoms with Crippen LogP contribution in [0.3, 0.4) is 0 Å². The van der Waals surface area contributed by atoms with Gasteiger partial charge < -0.3 is 33.8 Å². The highest BCUT2D eigenvalue weighted by Crippen LogP contribution is 2.12. The molecule has 0 bridgehead atoms. The number of hydrogen-bond acceptors (Lipinski definition) is 0. The molecule has 0 atom stereocenters. The van der Waals surface area contributed by atoms with Crippen molar-refractivity contribution in [1.29, 1.82) is 0 Å². The first-order valence-corrected chi connectivity index (χ1v) is 14.4. The van der Waals surface area contributed by atoms with Crippen LogP contribution in [0.15, 0.2) is 0 Å². The van der Waals surface area contributed by atoms with Crippen LogP contribution in [-0.2, 0) is 0 Å². The molecule has 0 rings (SSSR count). The monoisotopic (exact) mass is 520 g/mol. The second kappa shape index (κ2) is 26.1. The summed E-state index contributed by atoms with van der Waals surface area (Å²) in [4.78, 5) is 0. The van der Waals surface area contributed by atoms with Gasteiger partial charge in [-0.05, 0) is 37.5 Å². The van der Waals surface area contributed by atoms with E-state index in [9.17, 15) is 0 Å². The van der Waals surface area contributed by atoms with Crippen molar-refractivity contribution in [2.45, 2.75) is 129 Å². The SMILES string of the molecule is CCCCCCCCCCC[N+](C)(C)CC#CC[N+](C)(C)CCCCCCCCCCC.[Cl-].[Cl-]. The van der Waals surface area contributed by atoms with Gasteiger partial charge in [0.05, 0.1) is 41.3 Å². The molecule has 0 heterocycles. The molecule has 0 radical (unpaired) electrons. The summed E-state index contributed by atoms with van der Waals surface area (Å²) in [7, 11) is 9.40. The summed E-state index contributed by atoms with van der Waals surface area (Å²) in [6.45, 7) is 9.11. The molecular weight excluding hydrogens is 459 g/mol. The highest BCUT2D eigenvalue weighted by molar-refractivity contribution is 4.99. The summed E-state index contributed by atoms with van der Waals surface area (Å²) >= 11 is 0. The molecule has 0 aromatic carbocycles. The van der Waals surface area contributed by atoms with E-state index in [1.165, 1.54) is 129 Å². The van der Waals surface area contributed by atoms with Gasteiger partial charge in [-0.15, -0.1) is 0 Å². The Balaban J connectivity index is -0.00000480. The van der Waals surface area contributed by atoms with E-state index < -0.39 is 0 Å². The van der Waals surface area contributed by atoms with Crippen molar-refractivity contribution >= 4 is 0 Å². The molecule has 0 fully saturated rings. The highest BCUT2D eigenvalue weighted by Gasteiger charge is 2.14. The molecule has 0 aromatic heterocycles. The highest BCUT2D eigenvalue weighted by atomic mass is 35.5. The van der Waals surface area contributed by atoms with Crippen LogP contribution < -0.4 is 24.8 Å². The summed E-state index contributed by atoms with van der Waals surface area (Å²) in [6.07, 6.45) is 25.4. The van der Waals surface area contributed by atoms with Crippen molar-refractivity contribution in [2.24, 2.45) is 0 Å². The lowest BCUT2D eigenvalue weighted by Crippen LogP contribution is -3.00. The lowest BCUT2D eigenvalue weighted by Gasteiger charge is -2.28. The van der Waals surface area contributed by atoms with Crippen LogP contribution in [0.2, 0.25) is 0 Å². The van der Waals surface area contributed by atoms with Gasteiger partial charge in [0.25, 0.3) is 0 Å². The summed E-state index contributed by atoms with van der Waals surface area (Å²) in [5, 5.41) is 0. The van der Waals surface area contributed by atoms with Gasteiger partial charge in [0.2, 0.25) is 0 Å². The van der Waals surface area contributed by atoms with Crippen molar-refractivity contribution in [3.8, 4) is 11.8 Å². The Morgan fingerprint density at radius 1 is 0.382 bits per heavy atom. The van der Waals surface area contributed by atoms with E-state index in [-0.39, 0.29) is 24.8 Å². The van der Waals surface area contributed by atoms with Crippen molar-refractivity contribution < 1.29 is 33.8 Å². The number of halogens is 2. The zero-order valence-electron chi connectivity index (χ0n) is 24.2. The Bertz CT molecular complexity index is 426. The van der Waals surface area contributed by atoms with Crippen molar-refractivity contribution in [3.63, 3.8) is 0 Å². The van der Waals surface area contributed by atoms with Gasteiger partial charge in [0.1, 0.15) is 13.1 Å². The van der Waals surface area contributed by atoms with Gasteiger partial charge in [-0.25, -0.2) is 0 Å². The molecule has 2 nitrogen and oxygen atoms in total. The fourth-order valence-electron chi connectivity index (χ4n) is 4.40. The second-order valence-corrected chi connectivity index (χ2v) is 11.6. The molecule has 206 valence electrons. The fourth-order valence-corrected chi connectivity index (χ4v) is 4.40. The predicted octanol–water partition coefficient (Wildman–Crippen LogP) is 2.21. The number of rotatable bonds is 22. The molecule has 0 spiro atoms. The molecule has 0 saturated heterocycles. The van der Waals surface area contributed by atoms with E-state index in [0.717, 1.165) is 22.1 Å². The molecule has 34 heavy (non-hydrogen) atoms. The standard InChI is InChI=1S/C30H62N2.2ClH/c1-7-9-11-13-15-17-19-21-23-27-31(3,4)29-25-26-30-32(5,6)28-24-22-20-18-16-14-12-10-8-2;;/h7-24,27-30H2,1-6H3;2*1H/q+2;;/p-2. The Hall–Kier alpha value is 0.0600. The molecule has 0 aliphatic rings. The van der Waals surface area contributed by atoms with Gasteiger partial charge in [0, 0.05) is 0 Å². The summed E-state index contributed by atoms with van der Waals surface area (Å²) in [5.74, 6) is 7.01. The Labute approximate surface area is 229 Å². The minimum absolute atomic E-state index is 0. The molecule has 0 aromatic rings. The number of unbranched alkanes of at least 4 members (excludes halogenated alkanes) is 16. The molecule has 0 N–H and O–H groups in total. The summed E-state index contributed by atoms with van der Waals surface area (Å²) in [6, 6.07) is 0. The van der Waals surface area contributed by atoms with Crippen molar-refractivity contribution in [3.05, 3.63) is 0 Å². The van der Waals surface area contributed by atoms with Crippen LogP contribution >= 0.6 is 0 Å². The fraction of sp³-hybridized carbons (Fsp3) is 0.933. The third-order valence-corrected chi connectivity index (χ3v) is 6.87. The van der Waals surface area contributed by atoms with Crippen LogP contribution in [0, 0.1) is 11.8 Å².